The smallest absolute Gasteiger partial charge is 0.160 e. The number of nitrogens with zero attached hydrogens (tertiary/aromatic N) is 2. The molecule has 5 nitrogen and oxygen atoms in total. The van der Waals surface area contributed by atoms with Crippen LogP contribution in [0.25, 0.3) is 78.4 Å². The highest BCUT2D eigenvalue weighted by Crippen LogP contribution is 2.41. The lowest BCUT2D eigenvalue weighted by Gasteiger charge is -2.19. The highest BCUT2D eigenvalue weighted by atomic mass is 14.9. The van der Waals surface area contributed by atoms with Crippen molar-refractivity contribution in [3.05, 3.63) is 211 Å². The van der Waals surface area contributed by atoms with Gasteiger partial charge in [-0.25, -0.2) is 9.97 Å². The van der Waals surface area contributed by atoms with Crippen LogP contribution in [0.2, 0.25) is 0 Å². The Morgan fingerprint density at radius 1 is 0.333 bits per heavy atom. The minimum atomic E-state index is 0.207. The minimum Gasteiger partial charge on any atom is -0.399 e. The summed E-state index contributed by atoms with van der Waals surface area (Å²) >= 11 is 0. The quantitative estimate of drug-likeness (QED) is 0.107. The molecule has 1 aliphatic rings. The van der Waals surface area contributed by atoms with E-state index in [1.54, 1.807) is 0 Å². The molecule has 0 amide bonds. The number of rotatable bonds is 8. The van der Waals surface area contributed by atoms with Crippen molar-refractivity contribution in [2.75, 3.05) is 5.73 Å². The highest BCUT2D eigenvalue weighted by molar-refractivity contribution is 6.68. The van der Waals surface area contributed by atoms with Gasteiger partial charge < -0.3 is 5.73 Å². The zero-order valence-electron chi connectivity index (χ0n) is 31.0. The maximum absolute atomic E-state index is 9.02. The summed E-state index contributed by atoms with van der Waals surface area (Å²) in [6, 6.07) is 63.4. The average molecular weight is 732 g/mol. The van der Waals surface area contributed by atoms with Crippen molar-refractivity contribution in [3.63, 3.8) is 0 Å². The van der Waals surface area contributed by atoms with Crippen molar-refractivity contribution in [3.8, 4) is 67.3 Å². The lowest BCUT2D eigenvalue weighted by Crippen LogP contribution is -2.18. The number of hydrogen-bond acceptors (Lipinski definition) is 5. The van der Waals surface area contributed by atoms with E-state index in [1.165, 1.54) is 0 Å². The van der Waals surface area contributed by atoms with Crippen molar-refractivity contribution in [1.29, 1.82) is 10.8 Å². The molecule has 8 aromatic rings. The van der Waals surface area contributed by atoms with Gasteiger partial charge in [0, 0.05) is 33.5 Å². The molecular formula is C52H37N5. The van der Waals surface area contributed by atoms with E-state index in [0.29, 0.717) is 11.5 Å². The zero-order valence-corrected chi connectivity index (χ0v) is 31.0. The number of benzene rings is 7. The van der Waals surface area contributed by atoms with E-state index in [0.717, 1.165) is 83.7 Å². The Morgan fingerprint density at radius 3 is 1.33 bits per heavy atom. The van der Waals surface area contributed by atoms with Crippen LogP contribution in [-0.4, -0.2) is 21.4 Å². The number of nitrogen functional groups attached to an aromatic ring is 1. The third-order valence-corrected chi connectivity index (χ3v) is 10.4. The molecule has 270 valence electrons. The molecule has 1 heterocycles. The summed E-state index contributed by atoms with van der Waals surface area (Å²) in [6.45, 7) is 0. The van der Waals surface area contributed by atoms with E-state index >= 15 is 0 Å². The second kappa shape index (κ2) is 15.2. The number of anilines is 1. The van der Waals surface area contributed by atoms with Crippen LogP contribution in [0, 0.1) is 10.8 Å². The van der Waals surface area contributed by atoms with Crippen LogP contribution in [0.15, 0.2) is 200 Å². The van der Waals surface area contributed by atoms with Gasteiger partial charge in [0.05, 0.1) is 22.8 Å². The number of nitrogens with two attached hydrogens (primary N) is 1. The molecule has 0 saturated heterocycles. The molecule has 0 unspecified atom stereocenters. The van der Waals surface area contributed by atoms with E-state index in [-0.39, 0.29) is 11.4 Å². The van der Waals surface area contributed by atoms with E-state index in [2.05, 4.69) is 84.9 Å². The first-order chi connectivity index (χ1) is 28.0. The van der Waals surface area contributed by atoms with Gasteiger partial charge in [0.1, 0.15) is 0 Å². The molecule has 0 aliphatic heterocycles. The molecule has 0 atom stereocenters. The summed E-state index contributed by atoms with van der Waals surface area (Å²) in [5.74, 6) is 0.638. The fourth-order valence-electron chi connectivity index (χ4n) is 7.57. The van der Waals surface area contributed by atoms with Crippen LogP contribution in [0.4, 0.5) is 5.69 Å². The monoisotopic (exact) mass is 731 g/mol. The molecule has 1 aromatic heterocycles. The Morgan fingerprint density at radius 2 is 0.737 bits per heavy atom. The van der Waals surface area contributed by atoms with Crippen molar-refractivity contribution in [1.82, 2.24) is 9.97 Å². The van der Waals surface area contributed by atoms with Crippen molar-refractivity contribution < 1.29 is 0 Å². The van der Waals surface area contributed by atoms with E-state index in [1.807, 2.05) is 115 Å². The Hall–Kier alpha value is -7.76. The summed E-state index contributed by atoms with van der Waals surface area (Å²) in [5.41, 5.74) is 21.4. The maximum atomic E-state index is 9.02. The predicted molar refractivity (Wildman–Crippen MR) is 237 cm³/mol. The summed E-state index contributed by atoms with van der Waals surface area (Å²) in [6.07, 6.45) is 3.92. The van der Waals surface area contributed by atoms with Gasteiger partial charge in [-0.05, 0) is 68.8 Å². The van der Waals surface area contributed by atoms with E-state index in [9.17, 15) is 0 Å². The third-order valence-electron chi connectivity index (χ3n) is 10.4. The molecule has 0 bridgehead atoms. The standard InChI is InChI=1S/C52H37N5/c53-39-22-14-21-38(32-39)41-24-8-11-27-46(41)48-33-49(57-52(56-48)35-17-5-2-6-18-35)47-28-12-10-26-45(47)44-25-9-7-23-40(44)36-19-13-20-37(31-36)43-30-29-42(50(54)51(43)55)34-15-3-1-4-16-34/h1-33,54-55H,53H2. The molecule has 0 fully saturated rings. The van der Waals surface area contributed by atoms with Gasteiger partial charge >= 0.3 is 0 Å². The molecule has 7 aromatic carbocycles. The van der Waals surface area contributed by atoms with Gasteiger partial charge in [-0.2, -0.15) is 0 Å². The maximum Gasteiger partial charge on any atom is 0.160 e. The van der Waals surface area contributed by atoms with Crippen molar-refractivity contribution in [2.45, 2.75) is 0 Å². The van der Waals surface area contributed by atoms with Crippen LogP contribution >= 0.6 is 0 Å². The molecule has 5 heteroatoms. The Bertz CT molecular complexity index is 2890. The highest BCUT2D eigenvalue weighted by Gasteiger charge is 2.22. The van der Waals surface area contributed by atoms with Crippen LogP contribution in [0.1, 0.15) is 11.1 Å². The van der Waals surface area contributed by atoms with Gasteiger partial charge in [-0.1, -0.05) is 176 Å². The fraction of sp³-hybridized carbons (Fsp3) is 0. The number of hydrogen-bond donors (Lipinski definition) is 3. The summed E-state index contributed by atoms with van der Waals surface area (Å²) in [5, 5.41) is 17.9. The van der Waals surface area contributed by atoms with Crippen molar-refractivity contribution >= 4 is 28.3 Å². The topological polar surface area (TPSA) is 99.5 Å². The normalized spacial score (nSPS) is 12.6. The molecule has 1 aliphatic carbocycles. The first kappa shape index (κ1) is 35.0. The number of nitrogens with one attached hydrogen (secondary N) is 2. The minimum absolute atomic E-state index is 0.207. The summed E-state index contributed by atoms with van der Waals surface area (Å²) < 4.78 is 0. The zero-order chi connectivity index (χ0) is 38.7. The van der Waals surface area contributed by atoms with Crippen LogP contribution in [0.3, 0.4) is 0 Å². The Balaban J connectivity index is 1.17. The first-order valence-electron chi connectivity index (χ1n) is 18.9. The van der Waals surface area contributed by atoms with Crippen LogP contribution < -0.4 is 5.73 Å². The molecule has 0 spiro atoms. The van der Waals surface area contributed by atoms with Crippen LogP contribution in [0.5, 0.6) is 0 Å². The average Bonchev–Trinajstić information content (AvgIpc) is 3.28. The largest absolute Gasteiger partial charge is 0.399 e. The van der Waals surface area contributed by atoms with E-state index in [4.69, 9.17) is 26.5 Å². The second-order valence-electron chi connectivity index (χ2n) is 13.9. The van der Waals surface area contributed by atoms with E-state index < -0.39 is 0 Å². The fourth-order valence-corrected chi connectivity index (χ4v) is 7.57. The van der Waals surface area contributed by atoms with Crippen LogP contribution in [-0.2, 0) is 0 Å². The van der Waals surface area contributed by atoms with Gasteiger partial charge in [0.15, 0.2) is 5.82 Å². The lowest BCUT2D eigenvalue weighted by atomic mass is 9.85. The van der Waals surface area contributed by atoms with Crippen molar-refractivity contribution in [2.24, 2.45) is 0 Å². The second-order valence-corrected chi connectivity index (χ2v) is 13.9. The summed E-state index contributed by atoms with van der Waals surface area (Å²) in [4.78, 5) is 10.4. The van der Waals surface area contributed by atoms with Gasteiger partial charge in [-0.15, -0.1) is 0 Å². The predicted octanol–water partition coefficient (Wildman–Crippen LogP) is 12.6. The van der Waals surface area contributed by atoms with Gasteiger partial charge in [0.25, 0.3) is 0 Å². The third kappa shape index (κ3) is 6.90. The summed E-state index contributed by atoms with van der Waals surface area (Å²) in [7, 11) is 0. The van der Waals surface area contributed by atoms with Gasteiger partial charge in [-0.3, -0.25) is 10.8 Å². The number of allylic oxidation sites excluding steroid dienone is 4. The molecular weight excluding hydrogens is 695 g/mol. The molecule has 4 N–H and O–H groups in total. The SMILES string of the molecule is N=C1C(=N)C(c2cccc(-c3ccccc3-c3ccccc3-c3cc(-c4ccccc4-c4cccc(N)c4)nc(-c4ccccc4)n3)c2)=CC=C1c1ccccc1. The number of aromatic nitrogens is 2. The Kier molecular flexibility index (Phi) is 9.31. The molecule has 9 rings (SSSR count). The lowest BCUT2D eigenvalue weighted by molar-refractivity contribution is 1.18. The molecule has 57 heavy (non-hydrogen) atoms. The first-order valence-corrected chi connectivity index (χ1v) is 18.9. The Labute approximate surface area is 332 Å². The van der Waals surface area contributed by atoms with Gasteiger partial charge in [0.2, 0.25) is 0 Å². The molecule has 0 radical (unpaired) electrons. The molecule has 0 saturated carbocycles.